The monoisotopic (exact) mass is 476 g/mol. The maximum atomic E-state index is 13.1. The van der Waals surface area contributed by atoms with Crippen molar-refractivity contribution in [3.63, 3.8) is 0 Å². The van der Waals surface area contributed by atoms with Crippen molar-refractivity contribution in [2.75, 3.05) is 25.5 Å². The van der Waals surface area contributed by atoms with Gasteiger partial charge in [0.15, 0.2) is 0 Å². The lowest BCUT2D eigenvalue weighted by molar-refractivity contribution is -0.116. The number of aryl methyl sites for hydroxylation is 1. The Hall–Kier alpha value is -3.61. The minimum atomic E-state index is -0.271. The van der Waals surface area contributed by atoms with Crippen LogP contribution in [-0.4, -0.2) is 46.7 Å². The number of amides is 2. The highest BCUT2D eigenvalue weighted by atomic mass is 16.5. The number of carbonyl (C=O) groups is 2. The quantitative estimate of drug-likeness (QED) is 0.459. The maximum absolute atomic E-state index is 13.1. The highest BCUT2D eigenvalue weighted by molar-refractivity contribution is 5.99. The summed E-state index contributed by atoms with van der Waals surface area (Å²) in [4.78, 5) is 27.8. The number of nitrogens with zero attached hydrogens (tertiary/aromatic N) is 3. The Morgan fingerprint density at radius 1 is 1.03 bits per heavy atom. The highest BCUT2D eigenvalue weighted by Crippen LogP contribution is 2.27. The molecular formula is C28H36N4O3. The van der Waals surface area contributed by atoms with Crippen LogP contribution in [0.4, 0.5) is 5.82 Å². The number of hydrogen-bond acceptors (Lipinski definition) is 4. The molecule has 0 aliphatic rings. The van der Waals surface area contributed by atoms with Crippen LogP contribution in [0.3, 0.4) is 0 Å². The number of methoxy groups -OCH3 is 1. The van der Waals surface area contributed by atoms with Gasteiger partial charge in [0.1, 0.15) is 18.1 Å². The molecule has 2 amide bonds. The van der Waals surface area contributed by atoms with E-state index in [1.807, 2.05) is 61.5 Å². The van der Waals surface area contributed by atoms with Crippen molar-refractivity contribution in [2.45, 2.75) is 52.9 Å². The molecule has 0 atom stereocenters. The van der Waals surface area contributed by atoms with Crippen molar-refractivity contribution < 1.29 is 14.3 Å². The molecule has 0 aliphatic carbocycles. The summed E-state index contributed by atoms with van der Waals surface area (Å²) < 4.78 is 6.98. The molecule has 7 heteroatoms. The Balaban J connectivity index is 1.83. The molecule has 0 radical (unpaired) electrons. The minimum Gasteiger partial charge on any atom is -0.497 e. The van der Waals surface area contributed by atoms with Crippen LogP contribution in [0, 0.1) is 0 Å². The summed E-state index contributed by atoms with van der Waals surface area (Å²) in [6.07, 6.45) is 1.66. The minimum absolute atomic E-state index is 0.0408. The van der Waals surface area contributed by atoms with E-state index in [4.69, 9.17) is 9.84 Å². The molecule has 1 aromatic heterocycles. The van der Waals surface area contributed by atoms with Crippen molar-refractivity contribution in [1.29, 1.82) is 0 Å². The number of ether oxygens (including phenoxy) is 1. The largest absolute Gasteiger partial charge is 0.497 e. The van der Waals surface area contributed by atoms with Gasteiger partial charge in [0.05, 0.1) is 18.5 Å². The van der Waals surface area contributed by atoms with E-state index in [9.17, 15) is 9.59 Å². The molecule has 0 aliphatic heterocycles. The van der Waals surface area contributed by atoms with Gasteiger partial charge >= 0.3 is 0 Å². The van der Waals surface area contributed by atoms with E-state index in [0.29, 0.717) is 17.9 Å². The van der Waals surface area contributed by atoms with Gasteiger partial charge in [-0.3, -0.25) is 9.59 Å². The smallest absolute Gasteiger partial charge is 0.254 e. The van der Waals surface area contributed by atoms with Gasteiger partial charge in [0.2, 0.25) is 5.91 Å². The van der Waals surface area contributed by atoms with Gasteiger partial charge in [0.25, 0.3) is 5.91 Å². The normalized spacial score (nSPS) is 11.3. The van der Waals surface area contributed by atoms with Crippen molar-refractivity contribution in [3.05, 3.63) is 71.4 Å². The average Bonchev–Trinajstić information content (AvgIpc) is 3.27. The van der Waals surface area contributed by atoms with Gasteiger partial charge in [-0.2, -0.15) is 5.10 Å². The fourth-order valence-electron chi connectivity index (χ4n) is 3.70. The van der Waals surface area contributed by atoms with E-state index < -0.39 is 0 Å². The van der Waals surface area contributed by atoms with Crippen molar-refractivity contribution in [3.8, 4) is 11.4 Å². The summed E-state index contributed by atoms with van der Waals surface area (Å²) in [5.74, 6) is 0.875. The Kier molecular flexibility index (Phi) is 8.33. The van der Waals surface area contributed by atoms with Crippen LogP contribution in [0.15, 0.2) is 54.6 Å². The number of carbonyl (C=O) groups excluding carboxylic acids is 2. The van der Waals surface area contributed by atoms with E-state index in [0.717, 1.165) is 30.0 Å². The van der Waals surface area contributed by atoms with E-state index in [-0.39, 0.29) is 23.8 Å². The molecule has 7 nitrogen and oxygen atoms in total. The summed E-state index contributed by atoms with van der Waals surface area (Å²) in [5.41, 5.74) is 3.20. The van der Waals surface area contributed by atoms with Crippen molar-refractivity contribution >= 4 is 17.6 Å². The lowest BCUT2D eigenvalue weighted by Crippen LogP contribution is -2.38. The first-order valence-corrected chi connectivity index (χ1v) is 12.1. The van der Waals surface area contributed by atoms with Gasteiger partial charge < -0.3 is 15.0 Å². The molecule has 0 spiro atoms. The third-order valence-electron chi connectivity index (χ3n) is 5.79. The van der Waals surface area contributed by atoms with Crippen LogP contribution in [0.1, 0.15) is 62.7 Å². The lowest BCUT2D eigenvalue weighted by atomic mass is 9.92. The van der Waals surface area contributed by atoms with Crippen LogP contribution < -0.4 is 10.1 Å². The highest BCUT2D eigenvalue weighted by Gasteiger charge is 2.23. The van der Waals surface area contributed by atoms with Crippen LogP contribution in [-0.2, 0) is 16.6 Å². The maximum Gasteiger partial charge on any atom is 0.254 e. The van der Waals surface area contributed by atoms with Crippen molar-refractivity contribution in [1.82, 2.24) is 14.7 Å². The first kappa shape index (κ1) is 26.0. The van der Waals surface area contributed by atoms with Gasteiger partial charge in [-0.05, 0) is 54.8 Å². The van der Waals surface area contributed by atoms with Gasteiger partial charge in [-0.1, -0.05) is 46.8 Å². The third-order valence-corrected chi connectivity index (χ3v) is 5.79. The van der Waals surface area contributed by atoms with Crippen molar-refractivity contribution in [2.24, 2.45) is 0 Å². The molecule has 35 heavy (non-hydrogen) atoms. The van der Waals surface area contributed by atoms with Gasteiger partial charge in [-0.15, -0.1) is 0 Å². The van der Waals surface area contributed by atoms with Crippen LogP contribution in [0.25, 0.3) is 5.69 Å². The summed E-state index contributed by atoms with van der Waals surface area (Å²) in [6, 6.07) is 16.9. The predicted molar refractivity (Wildman–Crippen MR) is 139 cm³/mol. The first-order valence-electron chi connectivity index (χ1n) is 12.1. The molecule has 3 aromatic rings. The zero-order valence-electron chi connectivity index (χ0n) is 21.6. The molecule has 0 fully saturated rings. The number of hydrogen-bond donors (Lipinski definition) is 1. The second kappa shape index (κ2) is 11.2. The Morgan fingerprint density at radius 3 is 2.23 bits per heavy atom. The van der Waals surface area contributed by atoms with Crippen LogP contribution >= 0.6 is 0 Å². The Bertz CT molecular complexity index is 1140. The van der Waals surface area contributed by atoms with E-state index in [1.54, 1.807) is 16.7 Å². The molecule has 186 valence electrons. The molecule has 1 heterocycles. The van der Waals surface area contributed by atoms with E-state index in [2.05, 4.69) is 33.0 Å². The number of anilines is 1. The third kappa shape index (κ3) is 6.50. The van der Waals surface area contributed by atoms with Crippen LogP contribution in [0.2, 0.25) is 0 Å². The molecule has 0 bridgehead atoms. The topological polar surface area (TPSA) is 76.5 Å². The zero-order chi connectivity index (χ0) is 25.6. The van der Waals surface area contributed by atoms with E-state index >= 15 is 0 Å². The zero-order valence-corrected chi connectivity index (χ0v) is 21.6. The second-order valence-corrected chi connectivity index (χ2v) is 9.60. The number of nitrogens with one attached hydrogen (secondary N) is 1. The fraction of sp³-hybridized carbons (Fsp3) is 0.393. The molecule has 3 rings (SSSR count). The SMILES string of the molecule is CCCN(CC(=O)Nc1cc(C(C)(C)C)nn1-c1ccc(OC)cc1)C(=O)c1ccc(CC)cc1. The number of benzene rings is 2. The van der Waals surface area contributed by atoms with Crippen LogP contribution in [0.5, 0.6) is 5.75 Å². The molecule has 1 N–H and O–H groups in total. The standard InChI is InChI=1S/C28H36N4O3/c1-7-17-31(27(34)21-11-9-20(8-2)10-12-21)19-26(33)29-25-18-24(28(3,4)5)30-32(25)22-13-15-23(35-6)16-14-22/h9-16,18H,7-8,17,19H2,1-6H3,(H,29,33). The first-order chi connectivity index (χ1) is 16.7. The summed E-state index contributed by atoms with van der Waals surface area (Å²) in [5, 5.41) is 7.74. The van der Waals surface area contributed by atoms with Gasteiger partial charge in [0, 0.05) is 23.6 Å². The summed E-state index contributed by atoms with van der Waals surface area (Å²) >= 11 is 0. The van der Waals surface area contributed by atoms with E-state index in [1.165, 1.54) is 5.56 Å². The molecule has 0 saturated carbocycles. The Labute approximate surface area is 208 Å². The second-order valence-electron chi connectivity index (χ2n) is 9.60. The average molecular weight is 477 g/mol. The number of rotatable bonds is 9. The Morgan fingerprint density at radius 2 is 1.69 bits per heavy atom. The summed E-state index contributed by atoms with van der Waals surface area (Å²) in [7, 11) is 1.62. The molecular weight excluding hydrogens is 440 g/mol. The predicted octanol–water partition coefficient (Wildman–Crippen LogP) is 5.23. The molecule has 0 unspecified atom stereocenters. The number of aromatic nitrogens is 2. The molecule has 2 aromatic carbocycles. The fourth-order valence-corrected chi connectivity index (χ4v) is 3.70. The molecule has 0 saturated heterocycles. The summed E-state index contributed by atoms with van der Waals surface area (Å²) in [6.45, 7) is 10.7. The lowest BCUT2D eigenvalue weighted by Gasteiger charge is -2.22. The van der Waals surface area contributed by atoms with Gasteiger partial charge in [-0.25, -0.2) is 4.68 Å².